The molecule has 10 heteroatoms. The lowest BCUT2D eigenvalue weighted by Gasteiger charge is -2.63. The number of piperidine rings is 4. The highest BCUT2D eigenvalue weighted by molar-refractivity contribution is 5.10. The molecule has 10 nitrogen and oxygen atoms in total. The van der Waals surface area contributed by atoms with Crippen molar-refractivity contribution in [3.05, 3.63) is 0 Å². The molecule has 10 saturated heterocycles. The van der Waals surface area contributed by atoms with Crippen LogP contribution < -0.4 is 0 Å². The molecule has 0 aromatic carbocycles. The molecule has 104 heavy (non-hydrogen) atoms. The van der Waals surface area contributed by atoms with Gasteiger partial charge in [0, 0.05) is 125 Å². The molecule has 7 aliphatic carbocycles. The van der Waals surface area contributed by atoms with E-state index in [1.54, 1.807) is 0 Å². The third-order valence-electron chi connectivity index (χ3n) is 29.4. The third-order valence-corrected chi connectivity index (χ3v) is 29.4. The van der Waals surface area contributed by atoms with Crippen LogP contribution in [0.4, 0.5) is 0 Å². The summed E-state index contributed by atoms with van der Waals surface area (Å²) in [5.74, 6) is 8.58. The van der Waals surface area contributed by atoms with E-state index in [-0.39, 0.29) is 0 Å². The van der Waals surface area contributed by atoms with E-state index >= 15 is 0 Å². The molecule has 17 fully saturated rings. The minimum Gasteiger partial charge on any atom is -0.298 e. The Morgan fingerprint density at radius 2 is 0.567 bits per heavy atom. The summed E-state index contributed by atoms with van der Waals surface area (Å²) >= 11 is 0. The largest absolute Gasteiger partial charge is 0.298 e. The zero-order valence-corrected chi connectivity index (χ0v) is 75.9. The smallest absolute Gasteiger partial charge is 0.0227 e. The second-order valence-electron chi connectivity index (χ2n) is 47.8. The second kappa shape index (κ2) is 35.1. The van der Waals surface area contributed by atoms with Crippen molar-refractivity contribution in [1.82, 2.24) is 49.0 Å². The number of rotatable bonds is 0. The van der Waals surface area contributed by atoms with Gasteiger partial charge in [0.1, 0.15) is 0 Å². The molecular weight excluding hydrogens is 1270 g/mol. The first-order valence-electron chi connectivity index (χ1n) is 45.3. The number of fused-ring (bicyclic) bond motifs is 5. The monoisotopic (exact) mass is 1450 g/mol. The van der Waals surface area contributed by atoms with Crippen LogP contribution in [0.25, 0.3) is 0 Å². The van der Waals surface area contributed by atoms with Gasteiger partial charge in [-0.15, -0.1) is 0 Å². The van der Waals surface area contributed by atoms with Crippen molar-refractivity contribution in [1.29, 1.82) is 0 Å². The molecule has 0 N–H and O–H groups in total. The number of nitrogens with zero attached hydrogens (tertiary/aromatic N) is 10. The lowest BCUT2D eigenvalue weighted by molar-refractivity contribution is -0.125. The lowest BCUT2D eigenvalue weighted by atomic mass is 9.62. The molecule has 0 aromatic rings. The van der Waals surface area contributed by atoms with E-state index in [4.69, 9.17) is 0 Å². The lowest BCUT2D eigenvalue weighted by Crippen LogP contribution is -2.69. The van der Waals surface area contributed by atoms with Crippen molar-refractivity contribution in [3.8, 4) is 0 Å². The normalized spacial score (nSPS) is 32.6. The van der Waals surface area contributed by atoms with E-state index in [1.165, 1.54) is 272 Å². The van der Waals surface area contributed by atoms with Crippen LogP contribution >= 0.6 is 0 Å². The quantitative estimate of drug-likeness (QED) is 0.234. The molecule has 0 radical (unpaired) electrons. The van der Waals surface area contributed by atoms with Gasteiger partial charge in [-0.25, -0.2) is 0 Å². The van der Waals surface area contributed by atoms with Gasteiger partial charge in [-0.05, 0) is 454 Å². The maximum Gasteiger partial charge on any atom is 0.0227 e. The van der Waals surface area contributed by atoms with Crippen molar-refractivity contribution in [3.63, 3.8) is 0 Å². The molecule has 2 spiro atoms. The fourth-order valence-electron chi connectivity index (χ4n) is 21.1. The Bertz CT molecular complexity index is 2470. The summed E-state index contributed by atoms with van der Waals surface area (Å²) in [7, 11) is 0. The third kappa shape index (κ3) is 25.8. The Morgan fingerprint density at radius 3 is 0.856 bits per heavy atom. The van der Waals surface area contributed by atoms with Crippen molar-refractivity contribution in [2.75, 3.05) is 111 Å². The summed E-state index contributed by atoms with van der Waals surface area (Å²) in [6.45, 7) is 92.4. The number of likely N-dealkylation sites (tertiary alicyclic amines) is 10. The summed E-state index contributed by atoms with van der Waals surface area (Å²) in [4.78, 5) is 26.2. The number of hydrogen-bond donors (Lipinski definition) is 0. The van der Waals surface area contributed by atoms with Gasteiger partial charge in [-0.2, -0.15) is 0 Å². The zero-order chi connectivity index (χ0) is 77.2. The van der Waals surface area contributed by atoms with Crippen molar-refractivity contribution in [2.24, 2.45) is 52.8 Å². The van der Waals surface area contributed by atoms with Gasteiger partial charge in [0.2, 0.25) is 0 Å². The molecule has 10 aliphatic heterocycles. The molecule has 10 heterocycles. The predicted octanol–water partition coefficient (Wildman–Crippen LogP) is 21.2. The van der Waals surface area contributed by atoms with Crippen LogP contribution in [0.3, 0.4) is 0 Å². The molecule has 0 amide bonds. The van der Waals surface area contributed by atoms with E-state index in [0.717, 1.165) is 64.8 Å². The summed E-state index contributed by atoms with van der Waals surface area (Å²) in [6.07, 6.45) is 36.6. The molecule has 10 atom stereocenters. The van der Waals surface area contributed by atoms with Gasteiger partial charge >= 0.3 is 0 Å². The molecule has 17 rings (SSSR count). The first kappa shape index (κ1) is 89.2. The summed E-state index contributed by atoms with van der Waals surface area (Å²) < 4.78 is 0. The highest BCUT2D eigenvalue weighted by Crippen LogP contribution is 2.53. The molecule has 610 valence electrons. The molecule has 10 unspecified atom stereocenters. The van der Waals surface area contributed by atoms with Crippen LogP contribution in [0.2, 0.25) is 0 Å². The standard InChI is InChI=1S/2C11H21N.3C10H19N.2C9H17N.C9H19N.C8H17N.C7H15N/c1-11(2,3)12-7-9-5-4-6-10(9)8-12;1-11(2,3)12-8-7-9-5-4-6-10(9)12;1-10(2,3)11-5-4-8-6-9(8)7-11;1-9(2,3)11-7-10(8-11)5-4-6-10;1-9(2,3)11-8-7-10(11)5-4-6-10;1-9(2,3)10-5-7-4-8(7)6-10;1-9(2,3)10-5-4-7-6-8(7)10;1-9(2,3)10-7-5-4-6-8-10;1-8(2,3)9-6-4-5-7-9;1-7(2,3)8-5-4-6-8/h2*9-10H,4-8H2,1-3H3;8-9H,4-7H2,1-3H3;2*4-8H2,1-3H3;2*7-8H,4-6H2,1-3H3;4-8H2,1-3H3;4-7H2,1-3H3;4-6H2,1-3H3. The van der Waals surface area contributed by atoms with Crippen molar-refractivity contribution < 1.29 is 0 Å². The minimum absolute atomic E-state index is 0.403. The average Bonchev–Trinajstić information content (AvgIpc) is 1.25. The van der Waals surface area contributed by atoms with Gasteiger partial charge in [0.05, 0.1) is 0 Å². The molecule has 7 saturated carbocycles. The minimum atomic E-state index is 0.403. The van der Waals surface area contributed by atoms with Gasteiger partial charge < -0.3 is 0 Å². The van der Waals surface area contributed by atoms with Crippen LogP contribution in [-0.4, -0.2) is 233 Å². The molecule has 17 aliphatic rings. The van der Waals surface area contributed by atoms with E-state index in [1.807, 2.05) is 0 Å². The van der Waals surface area contributed by atoms with Gasteiger partial charge in [-0.3, -0.25) is 49.0 Å². The van der Waals surface area contributed by atoms with Gasteiger partial charge in [-0.1, -0.05) is 25.7 Å². The molecule has 0 bridgehead atoms. The maximum absolute atomic E-state index is 2.73. The molecule has 0 aromatic heterocycles. The van der Waals surface area contributed by atoms with Crippen LogP contribution in [-0.2, 0) is 0 Å². The fourth-order valence-corrected chi connectivity index (χ4v) is 21.1. The van der Waals surface area contributed by atoms with Crippen LogP contribution in [0.5, 0.6) is 0 Å². The Morgan fingerprint density at radius 1 is 0.212 bits per heavy atom. The van der Waals surface area contributed by atoms with Crippen molar-refractivity contribution in [2.45, 2.75) is 441 Å². The highest BCUT2D eigenvalue weighted by atomic mass is 15.3. The first-order chi connectivity index (χ1) is 47.8. The maximum atomic E-state index is 2.73. The van der Waals surface area contributed by atoms with Gasteiger partial charge in [0.25, 0.3) is 0 Å². The van der Waals surface area contributed by atoms with E-state index in [2.05, 4.69) is 257 Å². The Hall–Kier alpha value is -0.400. The van der Waals surface area contributed by atoms with Crippen molar-refractivity contribution >= 4 is 0 Å². The van der Waals surface area contributed by atoms with Crippen LogP contribution in [0.15, 0.2) is 0 Å². The molecular formula is C94H184N10. The second-order valence-corrected chi connectivity index (χ2v) is 47.8. The zero-order valence-electron chi connectivity index (χ0n) is 75.9. The van der Waals surface area contributed by atoms with Gasteiger partial charge in [0.15, 0.2) is 0 Å². The highest BCUT2D eigenvalue weighted by Gasteiger charge is 2.54. The number of hydrogen-bond acceptors (Lipinski definition) is 10. The van der Waals surface area contributed by atoms with Crippen LogP contribution in [0, 0.1) is 52.8 Å². The Balaban J connectivity index is 0.000000147. The Kier molecular flexibility index (Phi) is 30.1. The topological polar surface area (TPSA) is 32.4 Å². The first-order valence-corrected chi connectivity index (χ1v) is 45.3. The summed E-state index contributed by atoms with van der Waals surface area (Å²) in [6, 6.07) is 1.91. The average molecular weight is 1450 g/mol. The van der Waals surface area contributed by atoms with E-state index < -0.39 is 0 Å². The Labute approximate surface area is 650 Å². The van der Waals surface area contributed by atoms with Crippen LogP contribution in [0.1, 0.15) is 368 Å². The summed E-state index contributed by atoms with van der Waals surface area (Å²) in [5, 5.41) is 0. The SMILES string of the molecule is CC(C)(C)N1CC2(CCC2)C1.CC(C)(C)N1CC2CC2C1.CC(C)(C)N1CC2CCCC2C1.CC(C)(C)N1CCC1.CC(C)(C)N1CCC12CCC2.CC(C)(C)N1CCC2CC21.CC(C)(C)N1CCC2CC2C1.CC(C)(C)N1CCC2CCCC21.CC(C)(C)N1CCCC1.CC(C)(C)N1CCCCC1. The summed E-state index contributed by atoms with van der Waals surface area (Å²) in [5.41, 5.74) is 5.63. The fraction of sp³-hybridized carbons (Fsp3) is 1.00. The predicted molar refractivity (Wildman–Crippen MR) is 455 cm³/mol. The van der Waals surface area contributed by atoms with E-state index in [9.17, 15) is 0 Å². The van der Waals surface area contributed by atoms with E-state index in [0.29, 0.717) is 60.9 Å².